The van der Waals surface area contributed by atoms with E-state index < -0.39 is 24.1 Å². The Morgan fingerprint density at radius 3 is 2.42 bits per heavy atom. The van der Waals surface area contributed by atoms with E-state index in [9.17, 15) is 9.65 Å². The number of hydrogen-bond acceptors (Lipinski definition) is 4. The largest absolute Gasteiger partial charge is 0.494 e. The molecular weight excluding hydrogens is 306 g/mol. The summed E-state index contributed by atoms with van der Waals surface area (Å²) in [6.07, 6.45) is 1.54. The molecule has 3 rings (SSSR count). The molecule has 0 unspecified atom stereocenters. The number of pyridine rings is 1. The van der Waals surface area contributed by atoms with Gasteiger partial charge in [0.25, 0.3) is 0 Å². The van der Waals surface area contributed by atoms with Crippen LogP contribution in [0.2, 0.25) is 0 Å². The second-order valence-electron chi connectivity index (χ2n) is 6.84. The van der Waals surface area contributed by atoms with Crippen molar-refractivity contribution in [1.29, 1.82) is 5.26 Å². The first kappa shape index (κ1) is 16.6. The lowest BCUT2D eigenvalue weighted by molar-refractivity contribution is 0.00578. The third-order valence-electron chi connectivity index (χ3n) is 4.70. The Morgan fingerprint density at radius 2 is 1.79 bits per heavy atom. The van der Waals surface area contributed by atoms with Gasteiger partial charge >= 0.3 is 7.12 Å². The summed E-state index contributed by atoms with van der Waals surface area (Å²) in [7, 11) is -0.594. The number of aromatic nitrogens is 1. The van der Waals surface area contributed by atoms with Crippen LogP contribution in [0.15, 0.2) is 36.5 Å². The average molecular weight is 324 g/mol. The van der Waals surface area contributed by atoms with Crippen molar-refractivity contribution in [2.24, 2.45) is 0 Å². The highest BCUT2D eigenvalue weighted by Gasteiger charge is 2.51. The molecule has 0 N–H and O–H groups in total. The van der Waals surface area contributed by atoms with Crippen LogP contribution < -0.4 is 5.46 Å². The molecule has 24 heavy (non-hydrogen) atoms. The van der Waals surface area contributed by atoms with Gasteiger partial charge in [0.05, 0.1) is 22.5 Å². The molecule has 1 fully saturated rings. The summed E-state index contributed by atoms with van der Waals surface area (Å²) < 4.78 is 26.3. The maximum atomic E-state index is 14.3. The number of nitriles is 1. The maximum absolute atomic E-state index is 14.3. The van der Waals surface area contributed by atoms with E-state index in [-0.39, 0.29) is 5.56 Å². The molecule has 0 saturated carbocycles. The molecule has 0 atom stereocenters. The van der Waals surface area contributed by atoms with E-state index in [1.54, 1.807) is 24.3 Å². The normalized spacial score (nSPS) is 18.4. The van der Waals surface area contributed by atoms with Crippen molar-refractivity contribution in [3.63, 3.8) is 0 Å². The molecule has 0 radical (unpaired) electrons. The van der Waals surface area contributed by atoms with E-state index in [2.05, 4.69) is 4.98 Å². The van der Waals surface area contributed by atoms with Crippen LogP contribution in [0.4, 0.5) is 4.39 Å². The van der Waals surface area contributed by atoms with Crippen molar-refractivity contribution in [2.45, 2.75) is 38.9 Å². The first-order valence-electron chi connectivity index (χ1n) is 7.76. The van der Waals surface area contributed by atoms with Gasteiger partial charge in [-0.2, -0.15) is 5.26 Å². The Hall–Kier alpha value is -2.23. The van der Waals surface area contributed by atoms with Crippen molar-refractivity contribution < 1.29 is 13.7 Å². The average Bonchev–Trinajstić information content (AvgIpc) is 2.76. The van der Waals surface area contributed by atoms with E-state index in [1.165, 1.54) is 12.3 Å². The Labute approximate surface area is 141 Å². The highest BCUT2D eigenvalue weighted by molar-refractivity contribution is 6.62. The van der Waals surface area contributed by atoms with E-state index >= 15 is 0 Å². The van der Waals surface area contributed by atoms with Crippen LogP contribution >= 0.6 is 0 Å². The Kier molecular flexibility index (Phi) is 3.94. The zero-order chi connectivity index (χ0) is 17.5. The molecule has 0 bridgehead atoms. The van der Waals surface area contributed by atoms with Crippen LogP contribution in [0.1, 0.15) is 33.3 Å². The second kappa shape index (κ2) is 5.69. The first-order chi connectivity index (χ1) is 11.2. The third kappa shape index (κ3) is 2.70. The van der Waals surface area contributed by atoms with E-state index in [4.69, 9.17) is 9.31 Å². The minimum atomic E-state index is -0.594. The lowest BCUT2D eigenvalue weighted by Gasteiger charge is -2.32. The fourth-order valence-corrected chi connectivity index (χ4v) is 2.56. The molecule has 0 amide bonds. The molecule has 1 aromatic heterocycles. The van der Waals surface area contributed by atoms with Crippen LogP contribution in [0, 0.1) is 17.1 Å². The van der Waals surface area contributed by atoms with Gasteiger partial charge in [-0.15, -0.1) is 0 Å². The molecule has 1 saturated heterocycles. The zero-order valence-electron chi connectivity index (χ0n) is 14.1. The minimum Gasteiger partial charge on any atom is -0.399 e. The summed E-state index contributed by atoms with van der Waals surface area (Å²) in [6.45, 7) is 7.85. The molecule has 4 nitrogen and oxygen atoms in total. The summed E-state index contributed by atoms with van der Waals surface area (Å²) in [5.74, 6) is -0.439. The fourth-order valence-electron chi connectivity index (χ4n) is 2.56. The molecule has 0 spiro atoms. The van der Waals surface area contributed by atoms with Crippen LogP contribution in [0.5, 0.6) is 0 Å². The van der Waals surface area contributed by atoms with Crippen LogP contribution in [0.25, 0.3) is 11.3 Å². The molecule has 2 aromatic rings. The zero-order valence-corrected chi connectivity index (χ0v) is 14.1. The highest BCUT2D eigenvalue weighted by atomic mass is 19.1. The number of nitrogens with zero attached hydrogens (tertiary/aromatic N) is 2. The number of halogens is 1. The SMILES string of the molecule is CC1(C)OB(c2ccc(F)c(-c3ncccc3C#N)c2)OC1(C)C. The molecule has 6 heteroatoms. The van der Waals surface area contributed by atoms with Gasteiger partial charge in [0, 0.05) is 11.8 Å². The molecule has 1 aromatic carbocycles. The second-order valence-corrected chi connectivity index (χ2v) is 6.84. The summed E-state index contributed by atoms with van der Waals surface area (Å²) in [6, 6.07) is 9.94. The van der Waals surface area contributed by atoms with Crippen molar-refractivity contribution >= 4 is 12.6 Å². The van der Waals surface area contributed by atoms with Crippen molar-refractivity contribution in [3.05, 3.63) is 47.9 Å². The summed E-state index contributed by atoms with van der Waals surface area (Å²) in [5.41, 5.74) is 0.640. The Balaban J connectivity index is 2.04. The van der Waals surface area contributed by atoms with Crippen molar-refractivity contribution in [3.8, 4) is 17.3 Å². The molecular formula is C18H18BFN2O2. The van der Waals surface area contributed by atoms with Crippen LogP contribution in [-0.4, -0.2) is 23.3 Å². The summed E-state index contributed by atoms with van der Waals surface area (Å²) in [4.78, 5) is 4.16. The van der Waals surface area contributed by atoms with Gasteiger partial charge in [0.2, 0.25) is 0 Å². The van der Waals surface area contributed by atoms with E-state index in [0.717, 1.165) is 0 Å². The van der Waals surface area contributed by atoms with Gasteiger partial charge in [-0.1, -0.05) is 12.1 Å². The lowest BCUT2D eigenvalue weighted by atomic mass is 9.78. The van der Waals surface area contributed by atoms with E-state index in [0.29, 0.717) is 16.7 Å². The fraction of sp³-hybridized carbons (Fsp3) is 0.333. The molecule has 1 aliphatic heterocycles. The molecule has 0 aliphatic carbocycles. The van der Waals surface area contributed by atoms with Gasteiger partial charge in [-0.25, -0.2) is 4.39 Å². The Bertz CT molecular complexity index is 814. The highest BCUT2D eigenvalue weighted by Crippen LogP contribution is 2.36. The smallest absolute Gasteiger partial charge is 0.399 e. The van der Waals surface area contributed by atoms with Crippen molar-refractivity contribution in [2.75, 3.05) is 0 Å². The topological polar surface area (TPSA) is 55.1 Å². The number of benzene rings is 1. The van der Waals surface area contributed by atoms with Gasteiger partial charge in [0.1, 0.15) is 11.9 Å². The maximum Gasteiger partial charge on any atom is 0.494 e. The predicted octanol–water partition coefficient (Wildman–Crippen LogP) is 3.06. The van der Waals surface area contributed by atoms with E-state index in [1.807, 2.05) is 33.8 Å². The Morgan fingerprint density at radius 1 is 1.12 bits per heavy atom. The van der Waals surface area contributed by atoms with Gasteiger partial charge in [-0.3, -0.25) is 4.98 Å². The molecule has 2 heterocycles. The first-order valence-corrected chi connectivity index (χ1v) is 7.76. The lowest BCUT2D eigenvalue weighted by Crippen LogP contribution is -2.41. The van der Waals surface area contributed by atoms with Crippen LogP contribution in [0.3, 0.4) is 0 Å². The number of rotatable bonds is 2. The van der Waals surface area contributed by atoms with Crippen LogP contribution in [-0.2, 0) is 9.31 Å². The molecule has 122 valence electrons. The molecule has 1 aliphatic rings. The summed E-state index contributed by atoms with van der Waals surface area (Å²) in [5, 5.41) is 9.23. The summed E-state index contributed by atoms with van der Waals surface area (Å²) >= 11 is 0. The predicted molar refractivity (Wildman–Crippen MR) is 90.1 cm³/mol. The van der Waals surface area contributed by atoms with Gasteiger partial charge < -0.3 is 9.31 Å². The van der Waals surface area contributed by atoms with Gasteiger partial charge in [-0.05, 0) is 51.4 Å². The third-order valence-corrected chi connectivity index (χ3v) is 4.70. The standard InChI is InChI=1S/C18H18BFN2O2/c1-17(2)18(3,4)24-19(23-17)13-7-8-15(20)14(10-13)16-12(11-21)6-5-9-22-16/h5-10H,1-4H3. The van der Waals surface area contributed by atoms with Gasteiger partial charge in [0.15, 0.2) is 0 Å². The van der Waals surface area contributed by atoms with Crippen molar-refractivity contribution in [1.82, 2.24) is 4.98 Å². The minimum absolute atomic E-state index is 0.263. The quantitative estimate of drug-likeness (QED) is 0.797. The number of hydrogen-bond donors (Lipinski definition) is 0. The monoisotopic (exact) mass is 324 g/mol.